The van der Waals surface area contributed by atoms with Crippen LogP contribution in [0, 0.1) is 11.8 Å². The molecule has 0 unspecified atom stereocenters. The van der Waals surface area contributed by atoms with E-state index in [-0.39, 0.29) is 36.7 Å². The lowest BCUT2D eigenvalue weighted by Gasteiger charge is -2.33. The first-order chi connectivity index (χ1) is 18.6. The van der Waals surface area contributed by atoms with Gasteiger partial charge >= 0.3 is 5.97 Å². The van der Waals surface area contributed by atoms with Crippen molar-refractivity contribution in [3.63, 3.8) is 0 Å². The average Bonchev–Trinajstić information content (AvgIpc) is 3.02. The minimum absolute atomic E-state index is 0.0737. The van der Waals surface area contributed by atoms with Crippen molar-refractivity contribution in [1.82, 2.24) is 9.80 Å². The van der Waals surface area contributed by atoms with E-state index in [0.29, 0.717) is 48.9 Å². The highest BCUT2D eigenvalue weighted by atomic mass is 35.5. The van der Waals surface area contributed by atoms with E-state index in [1.165, 1.54) is 0 Å². The fraction of sp³-hybridized carbons (Fsp3) is 0.500. The normalized spacial score (nSPS) is 20.0. The number of ether oxygens (including phenoxy) is 2. The second kappa shape index (κ2) is 12.3. The van der Waals surface area contributed by atoms with E-state index in [1.807, 2.05) is 36.4 Å². The van der Waals surface area contributed by atoms with Gasteiger partial charge in [0.25, 0.3) is 0 Å². The molecule has 2 aliphatic rings. The first-order valence-electron chi connectivity index (χ1n) is 13.4. The van der Waals surface area contributed by atoms with Crippen molar-refractivity contribution in [3.05, 3.63) is 58.1 Å². The number of piperidine rings is 1. The Morgan fingerprint density at radius 1 is 1.05 bits per heavy atom. The molecule has 2 aliphatic heterocycles. The van der Waals surface area contributed by atoms with Gasteiger partial charge < -0.3 is 24.4 Å². The highest BCUT2D eigenvalue weighted by Crippen LogP contribution is 2.44. The van der Waals surface area contributed by atoms with Gasteiger partial charge in [0.1, 0.15) is 0 Å². The van der Waals surface area contributed by atoms with Crippen molar-refractivity contribution in [1.29, 1.82) is 0 Å². The predicted molar refractivity (Wildman–Crippen MR) is 149 cm³/mol. The molecule has 0 radical (unpaired) electrons. The van der Waals surface area contributed by atoms with Gasteiger partial charge in [-0.15, -0.1) is 0 Å². The number of carbonyl (C=O) groups excluding carboxylic acids is 2. The van der Waals surface area contributed by atoms with E-state index < -0.39 is 17.8 Å². The predicted octanol–water partition coefficient (Wildman–Crippen LogP) is 4.78. The number of rotatable bonds is 8. The molecule has 210 valence electrons. The molecule has 1 fully saturated rings. The minimum Gasteiger partial charge on any atom is -0.493 e. The standard InChI is InChI=1S/C30H37ClN2O6/c1-18(2)14-24-21-9-8-20(31)15-23(21)25(22-6-5-7-26(38-3)28(22)39-4)16-33(29(24)35)17-27(34)32-12-10-19(11-13-32)30(36)37/h5-9,15,18-19,24-25H,10-14,16-17H2,1-4H3,(H,36,37)/t24-,25+/m1/s1. The van der Waals surface area contributed by atoms with Gasteiger partial charge in [-0.1, -0.05) is 43.6 Å². The Kier molecular flexibility index (Phi) is 9.05. The zero-order valence-corrected chi connectivity index (χ0v) is 23.7. The number of nitrogens with zero attached hydrogens (tertiary/aromatic N) is 2. The van der Waals surface area contributed by atoms with Crippen LogP contribution in [-0.2, 0) is 14.4 Å². The minimum atomic E-state index is -0.826. The number of carboxylic acid groups (broad SMARTS) is 1. The first kappa shape index (κ1) is 28.7. The number of halogens is 1. The third-order valence-corrected chi connectivity index (χ3v) is 8.09. The van der Waals surface area contributed by atoms with Crippen LogP contribution < -0.4 is 9.47 Å². The number of likely N-dealkylation sites (tertiary alicyclic amines) is 1. The van der Waals surface area contributed by atoms with Crippen molar-refractivity contribution in [2.45, 2.75) is 44.9 Å². The summed E-state index contributed by atoms with van der Waals surface area (Å²) in [6.07, 6.45) is 1.46. The number of carboxylic acids is 1. The van der Waals surface area contributed by atoms with Gasteiger partial charge in [0.2, 0.25) is 11.8 Å². The van der Waals surface area contributed by atoms with Gasteiger partial charge in [-0.25, -0.2) is 0 Å². The highest BCUT2D eigenvalue weighted by molar-refractivity contribution is 6.30. The van der Waals surface area contributed by atoms with Crippen LogP contribution >= 0.6 is 11.6 Å². The van der Waals surface area contributed by atoms with Crippen LogP contribution in [0.15, 0.2) is 36.4 Å². The second-order valence-corrected chi connectivity index (χ2v) is 11.2. The summed E-state index contributed by atoms with van der Waals surface area (Å²) in [5.41, 5.74) is 2.69. The maximum absolute atomic E-state index is 14.1. The fourth-order valence-corrected chi connectivity index (χ4v) is 6.04. The van der Waals surface area contributed by atoms with E-state index in [9.17, 15) is 19.5 Å². The molecule has 0 aromatic heterocycles. The number of hydrogen-bond acceptors (Lipinski definition) is 5. The Balaban J connectivity index is 1.75. The smallest absolute Gasteiger partial charge is 0.306 e. The number of fused-ring (bicyclic) bond motifs is 1. The van der Waals surface area contributed by atoms with Crippen LogP contribution in [0.3, 0.4) is 0 Å². The molecular weight excluding hydrogens is 520 g/mol. The van der Waals surface area contributed by atoms with Gasteiger partial charge in [0, 0.05) is 36.1 Å². The molecule has 0 spiro atoms. The van der Waals surface area contributed by atoms with E-state index in [2.05, 4.69) is 13.8 Å². The molecular formula is C30H37ClN2O6. The maximum Gasteiger partial charge on any atom is 0.306 e. The molecule has 0 bridgehead atoms. The monoisotopic (exact) mass is 556 g/mol. The number of aliphatic carboxylic acids is 1. The molecule has 8 nitrogen and oxygen atoms in total. The van der Waals surface area contributed by atoms with Crippen molar-refractivity contribution >= 4 is 29.4 Å². The highest BCUT2D eigenvalue weighted by Gasteiger charge is 2.39. The summed E-state index contributed by atoms with van der Waals surface area (Å²) in [6.45, 7) is 5.10. The zero-order valence-electron chi connectivity index (χ0n) is 23.0. The third-order valence-electron chi connectivity index (χ3n) is 7.85. The molecule has 2 atom stereocenters. The van der Waals surface area contributed by atoms with Crippen molar-refractivity contribution in [2.75, 3.05) is 40.4 Å². The van der Waals surface area contributed by atoms with Crippen LogP contribution in [0.4, 0.5) is 0 Å². The Hall–Kier alpha value is -3.26. The Bertz CT molecular complexity index is 1220. The van der Waals surface area contributed by atoms with Gasteiger partial charge in [-0.2, -0.15) is 0 Å². The van der Waals surface area contributed by atoms with Crippen LogP contribution in [0.5, 0.6) is 11.5 Å². The van der Waals surface area contributed by atoms with Crippen LogP contribution in [-0.4, -0.2) is 73.1 Å². The van der Waals surface area contributed by atoms with Gasteiger partial charge in [-0.05, 0) is 54.5 Å². The molecule has 2 heterocycles. The summed E-state index contributed by atoms with van der Waals surface area (Å²) in [4.78, 5) is 42.3. The lowest BCUT2D eigenvalue weighted by atomic mass is 9.82. The van der Waals surface area contributed by atoms with Crippen LogP contribution in [0.25, 0.3) is 0 Å². The molecule has 0 saturated carbocycles. The molecule has 2 aromatic rings. The SMILES string of the molecule is COc1cccc([C@@H]2CN(CC(=O)N3CCC(C(=O)O)CC3)C(=O)[C@H](CC(C)C)c3ccc(Cl)cc32)c1OC. The quantitative estimate of drug-likeness (QED) is 0.502. The molecule has 2 aromatic carbocycles. The number of amides is 2. The average molecular weight is 557 g/mol. The number of methoxy groups -OCH3 is 2. The number of para-hydroxylation sites is 1. The molecule has 9 heteroatoms. The van der Waals surface area contributed by atoms with Crippen molar-refractivity contribution in [3.8, 4) is 11.5 Å². The first-order valence-corrected chi connectivity index (χ1v) is 13.8. The molecule has 1 saturated heterocycles. The summed E-state index contributed by atoms with van der Waals surface area (Å²) >= 11 is 6.50. The lowest BCUT2D eigenvalue weighted by Crippen LogP contribution is -2.47. The molecule has 1 N–H and O–H groups in total. The third kappa shape index (κ3) is 6.16. The second-order valence-electron chi connectivity index (χ2n) is 10.8. The summed E-state index contributed by atoms with van der Waals surface area (Å²) < 4.78 is 11.3. The van der Waals surface area contributed by atoms with Crippen molar-refractivity contribution < 1.29 is 29.0 Å². The summed E-state index contributed by atoms with van der Waals surface area (Å²) in [6, 6.07) is 11.3. The molecule has 4 rings (SSSR count). The Morgan fingerprint density at radius 3 is 2.38 bits per heavy atom. The summed E-state index contributed by atoms with van der Waals surface area (Å²) in [5, 5.41) is 9.90. The topological polar surface area (TPSA) is 96.4 Å². The van der Waals surface area contributed by atoms with E-state index in [1.54, 1.807) is 24.0 Å². The van der Waals surface area contributed by atoms with Gasteiger partial charge in [0.05, 0.1) is 32.6 Å². The largest absolute Gasteiger partial charge is 0.493 e. The Labute approximate surface area is 234 Å². The molecule has 0 aliphatic carbocycles. The van der Waals surface area contributed by atoms with Crippen LogP contribution in [0.2, 0.25) is 5.02 Å². The fourth-order valence-electron chi connectivity index (χ4n) is 5.86. The van der Waals surface area contributed by atoms with E-state index in [0.717, 1.165) is 16.7 Å². The maximum atomic E-state index is 14.1. The molecule has 39 heavy (non-hydrogen) atoms. The van der Waals surface area contributed by atoms with Crippen LogP contribution in [0.1, 0.15) is 61.6 Å². The summed E-state index contributed by atoms with van der Waals surface area (Å²) in [7, 11) is 3.17. The zero-order chi connectivity index (χ0) is 28.3. The molecule has 2 amide bonds. The Morgan fingerprint density at radius 2 is 1.77 bits per heavy atom. The van der Waals surface area contributed by atoms with Gasteiger partial charge in [-0.3, -0.25) is 14.4 Å². The van der Waals surface area contributed by atoms with E-state index >= 15 is 0 Å². The van der Waals surface area contributed by atoms with Crippen molar-refractivity contribution in [2.24, 2.45) is 11.8 Å². The number of hydrogen-bond donors (Lipinski definition) is 1. The number of carbonyl (C=O) groups is 3. The van der Waals surface area contributed by atoms with Gasteiger partial charge in [0.15, 0.2) is 11.5 Å². The lowest BCUT2D eigenvalue weighted by molar-refractivity contribution is -0.147. The number of benzene rings is 2. The van der Waals surface area contributed by atoms with E-state index in [4.69, 9.17) is 21.1 Å². The summed E-state index contributed by atoms with van der Waals surface area (Å²) in [5.74, 6) is -0.857.